The molecule has 4 aromatic rings. The maximum absolute atomic E-state index is 12.9. The monoisotopic (exact) mass is 462 g/mol. The third-order valence-corrected chi connectivity index (χ3v) is 5.55. The van der Waals surface area contributed by atoms with Crippen LogP contribution in [-0.4, -0.2) is 28.5 Å². The van der Waals surface area contributed by atoms with E-state index in [9.17, 15) is 9.59 Å². The van der Waals surface area contributed by atoms with Crippen LogP contribution in [0.4, 0.5) is 5.69 Å². The van der Waals surface area contributed by atoms with Crippen LogP contribution in [0.15, 0.2) is 72.8 Å². The summed E-state index contributed by atoms with van der Waals surface area (Å²) in [5.74, 6) is 0.576. The summed E-state index contributed by atoms with van der Waals surface area (Å²) >= 11 is 6.17. The fourth-order valence-corrected chi connectivity index (χ4v) is 3.88. The van der Waals surface area contributed by atoms with Crippen LogP contribution in [0.5, 0.6) is 5.75 Å². The van der Waals surface area contributed by atoms with Crippen LogP contribution in [0.25, 0.3) is 11.0 Å². The number of imidazole rings is 1. The van der Waals surface area contributed by atoms with Crippen LogP contribution in [0.1, 0.15) is 29.1 Å². The van der Waals surface area contributed by atoms with Crippen molar-refractivity contribution in [1.82, 2.24) is 14.9 Å². The van der Waals surface area contributed by atoms with Crippen molar-refractivity contribution in [3.63, 3.8) is 0 Å². The largest absolute Gasteiger partial charge is 0.495 e. The number of ether oxygens (including phenoxy) is 1. The van der Waals surface area contributed by atoms with Crippen molar-refractivity contribution in [3.05, 3.63) is 89.2 Å². The van der Waals surface area contributed by atoms with Gasteiger partial charge in [0.25, 0.3) is 5.91 Å². The molecule has 0 aliphatic carbocycles. The van der Waals surface area contributed by atoms with E-state index in [0.29, 0.717) is 27.8 Å². The van der Waals surface area contributed by atoms with Crippen LogP contribution >= 0.6 is 11.6 Å². The number of amides is 2. The Morgan fingerprint density at radius 1 is 1.03 bits per heavy atom. The lowest BCUT2D eigenvalue weighted by atomic mass is 10.2. The smallest absolute Gasteiger partial charge is 0.253 e. The standard InChI is InChI=1S/C25H23ClN4O3/c1-16(27-25(32)17-9-3-4-10-18(17)26)24-29-19-11-5-7-13-21(19)30(24)15-23(31)28-20-12-6-8-14-22(20)33-2/h3-14,16H,15H2,1-2H3,(H,27,32)(H,28,31). The predicted molar refractivity (Wildman–Crippen MR) is 129 cm³/mol. The van der Waals surface area contributed by atoms with Gasteiger partial charge < -0.3 is 19.9 Å². The molecule has 0 saturated heterocycles. The molecule has 8 heteroatoms. The van der Waals surface area contributed by atoms with Gasteiger partial charge >= 0.3 is 0 Å². The Morgan fingerprint density at radius 3 is 2.52 bits per heavy atom. The molecule has 2 amide bonds. The number of nitrogens with one attached hydrogen (secondary N) is 2. The molecule has 0 bridgehead atoms. The van der Waals surface area contributed by atoms with E-state index in [0.717, 1.165) is 11.0 Å². The molecule has 1 aromatic heterocycles. The highest BCUT2D eigenvalue weighted by atomic mass is 35.5. The lowest BCUT2D eigenvalue weighted by Gasteiger charge is -2.17. The van der Waals surface area contributed by atoms with Crippen molar-refractivity contribution in [2.75, 3.05) is 12.4 Å². The molecule has 0 saturated carbocycles. The zero-order valence-corrected chi connectivity index (χ0v) is 19.0. The van der Waals surface area contributed by atoms with Gasteiger partial charge in [0.2, 0.25) is 5.91 Å². The molecule has 168 valence electrons. The number of fused-ring (bicyclic) bond motifs is 1. The summed E-state index contributed by atoms with van der Waals surface area (Å²) in [5, 5.41) is 6.19. The molecule has 2 N–H and O–H groups in total. The first kappa shape index (κ1) is 22.4. The highest BCUT2D eigenvalue weighted by molar-refractivity contribution is 6.33. The summed E-state index contributed by atoms with van der Waals surface area (Å²) in [7, 11) is 1.55. The Bertz CT molecular complexity index is 1320. The zero-order valence-electron chi connectivity index (χ0n) is 18.2. The Hall–Kier alpha value is -3.84. The third-order valence-electron chi connectivity index (χ3n) is 5.22. The highest BCUT2D eigenvalue weighted by Crippen LogP contribution is 2.25. The van der Waals surface area contributed by atoms with Gasteiger partial charge in [-0.25, -0.2) is 4.98 Å². The number of rotatable bonds is 7. The molecule has 1 unspecified atom stereocenters. The molecule has 7 nitrogen and oxygen atoms in total. The minimum absolute atomic E-state index is 0.0141. The van der Waals surface area contributed by atoms with Gasteiger partial charge in [0.05, 0.1) is 40.5 Å². The van der Waals surface area contributed by atoms with Gasteiger partial charge in [-0.2, -0.15) is 0 Å². The first-order valence-corrected chi connectivity index (χ1v) is 10.8. The van der Waals surface area contributed by atoms with Gasteiger partial charge in [0, 0.05) is 0 Å². The summed E-state index contributed by atoms with van der Waals surface area (Å²) in [4.78, 5) is 30.4. The Morgan fingerprint density at radius 2 is 1.73 bits per heavy atom. The average Bonchev–Trinajstić information content (AvgIpc) is 3.18. The zero-order chi connectivity index (χ0) is 23.4. The number of hydrogen-bond donors (Lipinski definition) is 2. The van der Waals surface area contributed by atoms with Gasteiger partial charge in [-0.15, -0.1) is 0 Å². The summed E-state index contributed by atoms with van der Waals surface area (Å²) in [6, 6.07) is 21.1. The van der Waals surface area contributed by atoms with E-state index in [-0.39, 0.29) is 18.4 Å². The van der Waals surface area contributed by atoms with Crippen LogP contribution in [-0.2, 0) is 11.3 Å². The SMILES string of the molecule is COc1ccccc1NC(=O)Cn1c(C(C)NC(=O)c2ccccc2Cl)nc2ccccc21. The number of anilines is 1. The number of methoxy groups -OCH3 is 1. The van der Waals surface area contributed by atoms with Crippen molar-refractivity contribution in [2.45, 2.75) is 19.5 Å². The van der Waals surface area contributed by atoms with Crippen molar-refractivity contribution < 1.29 is 14.3 Å². The van der Waals surface area contributed by atoms with Gasteiger partial charge in [-0.1, -0.05) is 48.0 Å². The van der Waals surface area contributed by atoms with Crippen LogP contribution < -0.4 is 15.4 Å². The van der Waals surface area contributed by atoms with E-state index in [1.807, 2.05) is 43.3 Å². The molecule has 4 rings (SSSR count). The fraction of sp³-hybridized carbons (Fsp3) is 0.160. The summed E-state index contributed by atoms with van der Waals surface area (Å²) in [5.41, 5.74) is 2.48. The summed E-state index contributed by atoms with van der Waals surface area (Å²) < 4.78 is 7.12. The topological polar surface area (TPSA) is 85.2 Å². The number of halogens is 1. The molecule has 0 aliphatic rings. The van der Waals surface area contributed by atoms with E-state index < -0.39 is 6.04 Å². The van der Waals surface area contributed by atoms with Gasteiger partial charge in [0.15, 0.2) is 0 Å². The van der Waals surface area contributed by atoms with E-state index in [2.05, 4.69) is 15.6 Å². The first-order chi connectivity index (χ1) is 16.0. The van der Waals surface area contributed by atoms with Gasteiger partial charge in [-0.05, 0) is 43.3 Å². The van der Waals surface area contributed by atoms with E-state index in [1.54, 1.807) is 48.1 Å². The van der Waals surface area contributed by atoms with Crippen molar-refractivity contribution >= 4 is 40.1 Å². The molecule has 0 radical (unpaired) electrons. The van der Waals surface area contributed by atoms with Crippen molar-refractivity contribution in [3.8, 4) is 5.75 Å². The third kappa shape index (κ3) is 4.83. The van der Waals surface area contributed by atoms with Crippen LogP contribution in [0, 0.1) is 0 Å². The van der Waals surface area contributed by atoms with Gasteiger partial charge in [-0.3, -0.25) is 9.59 Å². The van der Waals surface area contributed by atoms with Crippen LogP contribution in [0.2, 0.25) is 5.02 Å². The van der Waals surface area contributed by atoms with Gasteiger partial charge in [0.1, 0.15) is 18.1 Å². The molecular formula is C25H23ClN4O3. The molecule has 0 aliphatic heterocycles. The normalized spacial score (nSPS) is 11.7. The number of benzene rings is 3. The predicted octanol–water partition coefficient (Wildman–Crippen LogP) is 4.83. The Labute approximate surface area is 196 Å². The number of carbonyl (C=O) groups is 2. The maximum atomic E-state index is 12.9. The highest BCUT2D eigenvalue weighted by Gasteiger charge is 2.21. The maximum Gasteiger partial charge on any atom is 0.253 e. The number of nitrogens with zero attached hydrogens (tertiary/aromatic N) is 2. The molecule has 3 aromatic carbocycles. The van der Waals surface area contributed by atoms with Crippen molar-refractivity contribution in [2.24, 2.45) is 0 Å². The number of hydrogen-bond acceptors (Lipinski definition) is 4. The molecule has 1 heterocycles. The second kappa shape index (κ2) is 9.75. The summed E-state index contributed by atoms with van der Waals surface area (Å²) in [6.07, 6.45) is 0. The van der Waals surface area contributed by atoms with E-state index in [1.165, 1.54) is 0 Å². The number of aromatic nitrogens is 2. The molecule has 0 fully saturated rings. The lowest BCUT2D eigenvalue weighted by Crippen LogP contribution is -2.30. The Kier molecular flexibility index (Phi) is 6.60. The second-order valence-electron chi connectivity index (χ2n) is 7.47. The molecular weight excluding hydrogens is 440 g/mol. The molecule has 1 atom stereocenters. The number of para-hydroxylation sites is 4. The van der Waals surface area contributed by atoms with Crippen molar-refractivity contribution in [1.29, 1.82) is 0 Å². The second-order valence-corrected chi connectivity index (χ2v) is 7.88. The minimum atomic E-state index is -0.472. The molecule has 0 spiro atoms. The van der Waals surface area contributed by atoms with E-state index in [4.69, 9.17) is 16.3 Å². The molecule has 33 heavy (non-hydrogen) atoms. The Balaban J connectivity index is 1.61. The number of carbonyl (C=O) groups excluding carboxylic acids is 2. The van der Waals surface area contributed by atoms with Crippen LogP contribution in [0.3, 0.4) is 0 Å². The fourth-order valence-electron chi connectivity index (χ4n) is 3.66. The summed E-state index contributed by atoms with van der Waals surface area (Å²) in [6.45, 7) is 1.84. The van der Waals surface area contributed by atoms with E-state index >= 15 is 0 Å². The average molecular weight is 463 g/mol. The lowest BCUT2D eigenvalue weighted by molar-refractivity contribution is -0.116. The minimum Gasteiger partial charge on any atom is -0.495 e. The first-order valence-electron chi connectivity index (χ1n) is 10.4. The quantitative estimate of drug-likeness (QED) is 0.412.